The number of nitro benzene ring substituents is 1. The van der Waals surface area contributed by atoms with Crippen molar-refractivity contribution < 1.29 is 9.72 Å². The van der Waals surface area contributed by atoms with Crippen LogP contribution in [0, 0.1) is 24.0 Å². The van der Waals surface area contributed by atoms with Gasteiger partial charge >= 0.3 is 6.03 Å². The maximum atomic E-state index is 12.0. The highest BCUT2D eigenvalue weighted by Crippen LogP contribution is 2.24. The molecule has 0 saturated heterocycles. The predicted octanol–water partition coefficient (Wildman–Crippen LogP) is 4.51. The summed E-state index contributed by atoms with van der Waals surface area (Å²) in [4.78, 5) is 22.4. The van der Waals surface area contributed by atoms with Crippen molar-refractivity contribution in [1.29, 1.82) is 0 Å². The highest BCUT2D eigenvalue weighted by Gasteiger charge is 2.13. The third kappa shape index (κ3) is 3.53. The minimum Gasteiger partial charge on any atom is -0.307 e. The maximum absolute atomic E-state index is 12.0. The number of halogens is 1. The molecule has 2 rings (SSSR count). The van der Waals surface area contributed by atoms with E-state index in [1.807, 2.05) is 0 Å². The van der Waals surface area contributed by atoms with Crippen LogP contribution in [-0.2, 0) is 0 Å². The van der Waals surface area contributed by atoms with Crippen LogP contribution in [0.4, 0.5) is 21.9 Å². The number of urea groups is 1. The summed E-state index contributed by atoms with van der Waals surface area (Å²) in [6.45, 7) is 3.42. The van der Waals surface area contributed by atoms with Gasteiger partial charge in [-0.25, -0.2) is 4.79 Å². The van der Waals surface area contributed by atoms with Gasteiger partial charge in [-0.1, -0.05) is 23.7 Å². The van der Waals surface area contributed by atoms with E-state index in [0.29, 0.717) is 22.0 Å². The summed E-state index contributed by atoms with van der Waals surface area (Å²) >= 11 is 5.98. The van der Waals surface area contributed by atoms with E-state index in [2.05, 4.69) is 10.6 Å². The van der Waals surface area contributed by atoms with Gasteiger partial charge in [-0.15, -0.1) is 0 Å². The molecule has 2 N–H and O–H groups in total. The molecule has 0 fully saturated rings. The van der Waals surface area contributed by atoms with Crippen molar-refractivity contribution in [2.24, 2.45) is 0 Å². The van der Waals surface area contributed by atoms with Gasteiger partial charge in [-0.2, -0.15) is 0 Å². The molecule has 0 aliphatic heterocycles. The number of hydrogen-bond donors (Lipinski definition) is 2. The van der Waals surface area contributed by atoms with Crippen molar-refractivity contribution in [3.05, 3.63) is 62.7 Å². The number of carbonyl (C=O) groups excluding carboxylic acids is 1. The molecule has 0 spiro atoms. The van der Waals surface area contributed by atoms with E-state index >= 15 is 0 Å². The fourth-order valence-electron chi connectivity index (χ4n) is 1.91. The predicted molar refractivity (Wildman–Crippen MR) is 86.7 cm³/mol. The average molecular weight is 320 g/mol. The summed E-state index contributed by atoms with van der Waals surface area (Å²) in [6.07, 6.45) is 0. The number of anilines is 2. The summed E-state index contributed by atoms with van der Waals surface area (Å²) in [5.41, 5.74) is 2.15. The lowest BCUT2D eigenvalue weighted by Crippen LogP contribution is -2.20. The highest BCUT2D eigenvalue weighted by atomic mass is 35.5. The number of aryl methyl sites for hydroxylation is 1. The van der Waals surface area contributed by atoms with Crippen LogP contribution in [0.25, 0.3) is 0 Å². The molecule has 0 bridgehead atoms. The molecule has 7 heteroatoms. The Kier molecular flexibility index (Phi) is 4.62. The van der Waals surface area contributed by atoms with Crippen molar-refractivity contribution in [2.75, 3.05) is 10.6 Å². The van der Waals surface area contributed by atoms with Crippen molar-refractivity contribution in [2.45, 2.75) is 13.8 Å². The first kappa shape index (κ1) is 15.8. The van der Waals surface area contributed by atoms with E-state index in [1.54, 1.807) is 44.2 Å². The number of hydrogen-bond acceptors (Lipinski definition) is 3. The first-order chi connectivity index (χ1) is 10.4. The molecular formula is C15H14ClN3O3. The molecule has 0 radical (unpaired) electrons. The van der Waals surface area contributed by atoms with E-state index in [4.69, 9.17) is 11.6 Å². The van der Waals surface area contributed by atoms with Crippen LogP contribution in [0.2, 0.25) is 5.02 Å². The normalized spacial score (nSPS) is 10.1. The Bertz CT molecular complexity index is 747. The van der Waals surface area contributed by atoms with Gasteiger partial charge in [0, 0.05) is 28.0 Å². The van der Waals surface area contributed by atoms with Gasteiger partial charge in [-0.05, 0) is 37.6 Å². The minimum absolute atomic E-state index is 0.0447. The van der Waals surface area contributed by atoms with E-state index in [9.17, 15) is 14.9 Å². The van der Waals surface area contributed by atoms with Crippen LogP contribution in [0.3, 0.4) is 0 Å². The molecule has 0 atom stereocenters. The van der Waals surface area contributed by atoms with Crippen LogP contribution in [-0.4, -0.2) is 11.0 Å². The second-order valence-electron chi connectivity index (χ2n) is 4.75. The molecule has 2 amide bonds. The number of benzene rings is 2. The number of nitro groups is 1. The molecule has 22 heavy (non-hydrogen) atoms. The molecule has 114 valence electrons. The maximum Gasteiger partial charge on any atom is 0.323 e. The van der Waals surface area contributed by atoms with Gasteiger partial charge in [0.2, 0.25) is 0 Å². The molecule has 0 saturated carbocycles. The molecule has 0 aromatic heterocycles. The number of nitrogens with zero attached hydrogens (tertiary/aromatic N) is 1. The Morgan fingerprint density at radius 1 is 1.18 bits per heavy atom. The van der Waals surface area contributed by atoms with Gasteiger partial charge in [0.15, 0.2) is 0 Å². The SMILES string of the molecule is Cc1ccc(NC(=O)Nc2cccc(Cl)c2C)cc1[N+](=O)[O-]. The van der Waals surface area contributed by atoms with Gasteiger partial charge in [0.25, 0.3) is 5.69 Å². The third-order valence-corrected chi connectivity index (χ3v) is 3.59. The summed E-state index contributed by atoms with van der Waals surface area (Å²) in [7, 11) is 0. The lowest BCUT2D eigenvalue weighted by Gasteiger charge is -2.11. The standard InChI is InChI=1S/C15H14ClN3O3/c1-9-6-7-11(8-14(9)19(21)22)17-15(20)18-13-5-3-4-12(16)10(13)2/h3-8H,1-2H3,(H2,17,18,20). The second-order valence-corrected chi connectivity index (χ2v) is 5.16. The number of rotatable bonds is 3. The summed E-state index contributed by atoms with van der Waals surface area (Å²) in [6, 6.07) is 9.18. The fourth-order valence-corrected chi connectivity index (χ4v) is 2.09. The van der Waals surface area contributed by atoms with E-state index in [0.717, 1.165) is 5.56 Å². The molecule has 0 aliphatic rings. The molecular weight excluding hydrogens is 306 g/mol. The summed E-state index contributed by atoms with van der Waals surface area (Å²) in [5.74, 6) is 0. The first-order valence-electron chi connectivity index (χ1n) is 6.46. The Morgan fingerprint density at radius 2 is 1.91 bits per heavy atom. The molecule has 0 aliphatic carbocycles. The lowest BCUT2D eigenvalue weighted by atomic mass is 10.2. The van der Waals surface area contributed by atoms with Gasteiger partial charge < -0.3 is 10.6 Å². The summed E-state index contributed by atoms with van der Waals surface area (Å²) in [5, 5.41) is 16.7. The Morgan fingerprint density at radius 3 is 2.59 bits per heavy atom. The quantitative estimate of drug-likeness (QED) is 0.644. The van der Waals surface area contributed by atoms with Gasteiger partial charge in [0.05, 0.1) is 4.92 Å². The van der Waals surface area contributed by atoms with Crippen molar-refractivity contribution in [3.8, 4) is 0 Å². The van der Waals surface area contributed by atoms with Crippen LogP contribution in [0.1, 0.15) is 11.1 Å². The van der Waals surface area contributed by atoms with Crippen LogP contribution >= 0.6 is 11.6 Å². The van der Waals surface area contributed by atoms with Gasteiger partial charge in [0.1, 0.15) is 0 Å². The first-order valence-corrected chi connectivity index (χ1v) is 6.84. The van der Waals surface area contributed by atoms with Crippen molar-refractivity contribution in [3.63, 3.8) is 0 Å². The average Bonchev–Trinajstić information content (AvgIpc) is 2.45. The molecule has 6 nitrogen and oxygen atoms in total. The Balaban J connectivity index is 2.14. The fraction of sp³-hybridized carbons (Fsp3) is 0.133. The van der Waals surface area contributed by atoms with Gasteiger partial charge in [-0.3, -0.25) is 10.1 Å². The largest absolute Gasteiger partial charge is 0.323 e. The van der Waals surface area contributed by atoms with Crippen LogP contribution < -0.4 is 10.6 Å². The molecule has 2 aromatic carbocycles. The zero-order chi connectivity index (χ0) is 16.3. The summed E-state index contributed by atoms with van der Waals surface area (Å²) < 4.78 is 0. The van der Waals surface area contributed by atoms with Crippen LogP contribution in [0.15, 0.2) is 36.4 Å². The topological polar surface area (TPSA) is 84.3 Å². The molecule has 0 heterocycles. The lowest BCUT2D eigenvalue weighted by molar-refractivity contribution is -0.385. The molecule has 0 unspecified atom stereocenters. The third-order valence-electron chi connectivity index (χ3n) is 3.18. The molecule has 2 aromatic rings. The number of nitrogens with one attached hydrogen (secondary N) is 2. The van der Waals surface area contributed by atoms with Crippen molar-refractivity contribution in [1.82, 2.24) is 0 Å². The van der Waals surface area contributed by atoms with E-state index < -0.39 is 11.0 Å². The smallest absolute Gasteiger partial charge is 0.307 e. The number of amides is 2. The van der Waals surface area contributed by atoms with Crippen LogP contribution in [0.5, 0.6) is 0 Å². The zero-order valence-corrected chi connectivity index (χ0v) is 12.8. The van der Waals surface area contributed by atoms with E-state index in [1.165, 1.54) is 6.07 Å². The zero-order valence-electron chi connectivity index (χ0n) is 12.0. The highest BCUT2D eigenvalue weighted by molar-refractivity contribution is 6.31. The monoisotopic (exact) mass is 319 g/mol. The second kappa shape index (κ2) is 6.44. The van der Waals surface area contributed by atoms with E-state index in [-0.39, 0.29) is 5.69 Å². The Labute approximate surface area is 132 Å². The Hall–Kier alpha value is -2.60. The van der Waals surface area contributed by atoms with Crippen molar-refractivity contribution >= 4 is 34.7 Å². The number of carbonyl (C=O) groups is 1. The minimum atomic E-state index is -0.497.